The summed E-state index contributed by atoms with van der Waals surface area (Å²) in [6.07, 6.45) is 6.72. The van der Waals surface area contributed by atoms with Crippen LogP contribution < -0.4 is 10.1 Å². The number of methoxy groups -OCH3 is 1. The molecule has 3 atom stereocenters. The highest BCUT2D eigenvalue weighted by atomic mass is 16.5. The van der Waals surface area contributed by atoms with Gasteiger partial charge in [-0.1, -0.05) is 37.5 Å². The largest absolute Gasteiger partial charge is 0.496 e. The smallest absolute Gasteiger partial charge is 0.123 e. The Hall–Kier alpha value is -1.02. The van der Waals surface area contributed by atoms with Crippen molar-refractivity contribution < 1.29 is 4.74 Å². The summed E-state index contributed by atoms with van der Waals surface area (Å²) in [5, 5.41) is 3.82. The van der Waals surface area contributed by atoms with E-state index in [1.54, 1.807) is 7.11 Å². The van der Waals surface area contributed by atoms with Crippen molar-refractivity contribution in [1.82, 2.24) is 5.32 Å². The summed E-state index contributed by atoms with van der Waals surface area (Å²) in [6, 6.07) is 7.44. The summed E-state index contributed by atoms with van der Waals surface area (Å²) in [5.74, 6) is 1.89. The number of rotatable bonds is 4. The van der Waals surface area contributed by atoms with Gasteiger partial charge in [-0.05, 0) is 45.1 Å². The summed E-state index contributed by atoms with van der Waals surface area (Å²) < 4.78 is 5.51. The molecule has 3 unspecified atom stereocenters. The van der Waals surface area contributed by atoms with Crippen LogP contribution in [0.3, 0.4) is 0 Å². The lowest BCUT2D eigenvalue weighted by Gasteiger charge is -2.24. The lowest BCUT2D eigenvalue weighted by molar-refractivity contribution is 0.379. The Bertz CT molecular complexity index is 429. The number of hydrogen-bond donors (Lipinski definition) is 1. The number of benzene rings is 1. The highest BCUT2D eigenvalue weighted by Crippen LogP contribution is 2.29. The standard InChI is InChI=1S/C18H29NO/c1-13-6-5-7-16(10-8-13)19-15(3)17-12-14(2)9-11-18(17)20-4/h9,11-13,15-16,19H,5-8,10H2,1-4H3. The lowest BCUT2D eigenvalue weighted by Crippen LogP contribution is -2.31. The Morgan fingerprint density at radius 1 is 1.20 bits per heavy atom. The third kappa shape index (κ3) is 3.99. The van der Waals surface area contributed by atoms with Crippen LogP contribution in [0.25, 0.3) is 0 Å². The van der Waals surface area contributed by atoms with Crippen molar-refractivity contribution in [1.29, 1.82) is 0 Å². The van der Waals surface area contributed by atoms with Gasteiger partial charge in [-0.25, -0.2) is 0 Å². The Morgan fingerprint density at radius 3 is 2.75 bits per heavy atom. The maximum Gasteiger partial charge on any atom is 0.123 e. The van der Waals surface area contributed by atoms with Crippen molar-refractivity contribution in [2.45, 2.75) is 65.0 Å². The highest BCUT2D eigenvalue weighted by Gasteiger charge is 2.19. The van der Waals surface area contributed by atoms with Crippen molar-refractivity contribution in [2.75, 3.05) is 7.11 Å². The van der Waals surface area contributed by atoms with Gasteiger partial charge >= 0.3 is 0 Å². The van der Waals surface area contributed by atoms with Crippen LogP contribution in [-0.2, 0) is 0 Å². The molecule has 1 aliphatic rings. The molecule has 0 radical (unpaired) electrons. The van der Waals surface area contributed by atoms with Gasteiger partial charge < -0.3 is 10.1 Å². The molecule has 20 heavy (non-hydrogen) atoms. The normalized spacial score (nSPS) is 25.0. The molecule has 1 fully saturated rings. The molecule has 0 aliphatic heterocycles. The van der Waals surface area contributed by atoms with Gasteiger partial charge in [-0.3, -0.25) is 0 Å². The Labute approximate surface area is 123 Å². The third-order valence-electron chi connectivity index (χ3n) is 4.59. The van der Waals surface area contributed by atoms with Crippen LogP contribution in [0.4, 0.5) is 0 Å². The molecule has 2 rings (SSSR count). The summed E-state index contributed by atoms with van der Waals surface area (Å²) in [7, 11) is 1.76. The molecule has 1 N–H and O–H groups in total. The number of ether oxygens (including phenoxy) is 1. The summed E-state index contributed by atoms with van der Waals surface area (Å²) >= 11 is 0. The van der Waals surface area contributed by atoms with E-state index in [9.17, 15) is 0 Å². The molecule has 1 aromatic rings. The maximum atomic E-state index is 5.51. The van der Waals surface area contributed by atoms with Crippen LogP contribution in [0.1, 0.15) is 63.1 Å². The molecular weight excluding hydrogens is 246 g/mol. The molecule has 2 heteroatoms. The predicted molar refractivity (Wildman–Crippen MR) is 85.3 cm³/mol. The van der Waals surface area contributed by atoms with E-state index in [4.69, 9.17) is 4.74 Å². The van der Waals surface area contributed by atoms with Gasteiger partial charge in [-0.2, -0.15) is 0 Å². The second-order valence-electron chi connectivity index (χ2n) is 6.44. The van der Waals surface area contributed by atoms with E-state index in [0.29, 0.717) is 12.1 Å². The minimum atomic E-state index is 0.350. The predicted octanol–water partition coefficient (Wildman–Crippen LogP) is 4.62. The van der Waals surface area contributed by atoms with E-state index >= 15 is 0 Å². The minimum Gasteiger partial charge on any atom is -0.496 e. The van der Waals surface area contributed by atoms with Crippen molar-refractivity contribution >= 4 is 0 Å². The van der Waals surface area contributed by atoms with Crippen molar-refractivity contribution in [3.63, 3.8) is 0 Å². The van der Waals surface area contributed by atoms with Gasteiger partial charge in [-0.15, -0.1) is 0 Å². The number of aryl methyl sites for hydroxylation is 1. The first kappa shape index (κ1) is 15.4. The summed E-state index contributed by atoms with van der Waals surface area (Å²) in [4.78, 5) is 0. The van der Waals surface area contributed by atoms with Crippen LogP contribution in [-0.4, -0.2) is 13.2 Å². The highest BCUT2D eigenvalue weighted by molar-refractivity contribution is 5.38. The lowest BCUT2D eigenvalue weighted by atomic mass is 10.0. The zero-order valence-corrected chi connectivity index (χ0v) is 13.4. The van der Waals surface area contributed by atoms with Gasteiger partial charge in [0.2, 0.25) is 0 Å². The van der Waals surface area contributed by atoms with Gasteiger partial charge in [0.25, 0.3) is 0 Å². The SMILES string of the molecule is COc1ccc(C)cc1C(C)NC1CCCC(C)CC1. The minimum absolute atomic E-state index is 0.350. The van der Waals surface area contributed by atoms with Gasteiger partial charge in [0.15, 0.2) is 0 Å². The molecule has 1 saturated carbocycles. The van der Waals surface area contributed by atoms with E-state index in [0.717, 1.165) is 11.7 Å². The Balaban J connectivity index is 2.03. The maximum absolute atomic E-state index is 5.51. The molecular formula is C18H29NO. The fourth-order valence-electron chi connectivity index (χ4n) is 3.29. The van der Waals surface area contributed by atoms with Gasteiger partial charge in [0, 0.05) is 17.6 Å². The second kappa shape index (κ2) is 7.12. The first-order chi connectivity index (χ1) is 9.60. The second-order valence-corrected chi connectivity index (χ2v) is 6.44. The molecule has 0 heterocycles. The summed E-state index contributed by atoms with van der Waals surface area (Å²) in [5.41, 5.74) is 2.58. The van der Waals surface area contributed by atoms with E-state index in [1.807, 2.05) is 0 Å². The average Bonchev–Trinajstić information content (AvgIpc) is 2.63. The molecule has 0 bridgehead atoms. The van der Waals surface area contributed by atoms with Crippen LogP contribution in [0.15, 0.2) is 18.2 Å². The zero-order chi connectivity index (χ0) is 14.5. The van der Waals surface area contributed by atoms with Crippen LogP contribution in [0, 0.1) is 12.8 Å². The molecule has 0 aromatic heterocycles. The first-order valence-corrected chi connectivity index (χ1v) is 8.00. The van der Waals surface area contributed by atoms with Crippen LogP contribution in [0.2, 0.25) is 0 Å². The zero-order valence-electron chi connectivity index (χ0n) is 13.4. The van der Waals surface area contributed by atoms with Gasteiger partial charge in [0.1, 0.15) is 5.75 Å². The first-order valence-electron chi connectivity index (χ1n) is 8.00. The fourth-order valence-corrected chi connectivity index (χ4v) is 3.29. The molecule has 1 aliphatic carbocycles. The topological polar surface area (TPSA) is 21.3 Å². The molecule has 1 aromatic carbocycles. The Morgan fingerprint density at radius 2 is 2.00 bits per heavy atom. The molecule has 0 spiro atoms. The Kier molecular flexibility index (Phi) is 5.47. The number of hydrogen-bond acceptors (Lipinski definition) is 2. The molecule has 112 valence electrons. The van der Waals surface area contributed by atoms with Gasteiger partial charge in [0.05, 0.1) is 7.11 Å². The fraction of sp³-hybridized carbons (Fsp3) is 0.667. The average molecular weight is 275 g/mol. The van der Waals surface area contributed by atoms with Crippen molar-refractivity contribution in [3.8, 4) is 5.75 Å². The van der Waals surface area contributed by atoms with E-state index in [1.165, 1.54) is 43.2 Å². The molecule has 2 nitrogen and oxygen atoms in total. The summed E-state index contributed by atoms with van der Waals surface area (Å²) in [6.45, 7) is 6.78. The van der Waals surface area contributed by atoms with Crippen LogP contribution >= 0.6 is 0 Å². The molecule has 0 amide bonds. The monoisotopic (exact) mass is 275 g/mol. The van der Waals surface area contributed by atoms with Crippen LogP contribution in [0.5, 0.6) is 5.75 Å². The van der Waals surface area contributed by atoms with E-state index < -0.39 is 0 Å². The van der Waals surface area contributed by atoms with Crippen molar-refractivity contribution in [2.24, 2.45) is 5.92 Å². The molecule has 0 saturated heterocycles. The number of nitrogens with one attached hydrogen (secondary N) is 1. The van der Waals surface area contributed by atoms with E-state index in [2.05, 4.69) is 44.3 Å². The van der Waals surface area contributed by atoms with Crippen molar-refractivity contribution in [3.05, 3.63) is 29.3 Å². The van der Waals surface area contributed by atoms with E-state index in [-0.39, 0.29) is 0 Å². The third-order valence-corrected chi connectivity index (χ3v) is 4.59. The quantitative estimate of drug-likeness (QED) is 0.809.